The third kappa shape index (κ3) is 4.47. The Morgan fingerprint density at radius 2 is 2.08 bits per heavy atom. The van der Waals surface area contributed by atoms with Gasteiger partial charge in [-0.25, -0.2) is 9.59 Å². The molecule has 0 radical (unpaired) electrons. The summed E-state index contributed by atoms with van der Waals surface area (Å²) in [5.74, 6) is -0.502. The Kier molecular flexibility index (Phi) is 6.18. The van der Waals surface area contributed by atoms with E-state index in [4.69, 9.17) is 9.47 Å². The summed E-state index contributed by atoms with van der Waals surface area (Å²) in [5.41, 5.74) is 4.68. The molecule has 4 heteroatoms. The highest BCUT2D eigenvalue weighted by Crippen LogP contribution is 2.31. The average Bonchev–Trinajstić information content (AvgIpc) is 2.82. The molecule has 0 spiro atoms. The normalized spacial score (nSPS) is 26.8. The monoisotopic (exact) mass is 330 g/mol. The Balaban J connectivity index is 2.11. The molecule has 0 unspecified atom stereocenters. The molecule has 2 rings (SSSR count). The predicted molar refractivity (Wildman–Crippen MR) is 93.3 cm³/mol. The lowest BCUT2D eigenvalue weighted by molar-refractivity contribution is -0.139. The van der Waals surface area contributed by atoms with E-state index in [0.717, 1.165) is 36.8 Å². The topological polar surface area (TPSA) is 52.6 Å². The molecule has 0 bridgehead atoms. The maximum atomic E-state index is 11.8. The number of hydrogen-bond acceptors (Lipinski definition) is 4. The van der Waals surface area contributed by atoms with Crippen LogP contribution < -0.4 is 0 Å². The van der Waals surface area contributed by atoms with E-state index in [1.165, 1.54) is 5.57 Å². The summed E-state index contributed by atoms with van der Waals surface area (Å²) in [6.45, 7) is 7.76. The molecule has 0 amide bonds. The van der Waals surface area contributed by atoms with Crippen LogP contribution in [0.3, 0.4) is 0 Å². The predicted octanol–water partition coefficient (Wildman–Crippen LogP) is 4.18. The Bertz CT molecular complexity index is 647. The van der Waals surface area contributed by atoms with Crippen molar-refractivity contribution in [2.24, 2.45) is 0 Å². The number of esters is 2. The molecule has 24 heavy (non-hydrogen) atoms. The van der Waals surface area contributed by atoms with Gasteiger partial charge in [-0.2, -0.15) is 0 Å². The van der Waals surface area contributed by atoms with E-state index in [1.54, 1.807) is 13.0 Å². The first-order valence-corrected chi connectivity index (χ1v) is 8.48. The molecule has 0 aromatic carbocycles. The Morgan fingerprint density at radius 1 is 1.33 bits per heavy atom. The van der Waals surface area contributed by atoms with Crippen molar-refractivity contribution in [3.8, 4) is 0 Å². The highest BCUT2D eigenvalue weighted by atomic mass is 16.5. The first-order valence-electron chi connectivity index (χ1n) is 8.48. The van der Waals surface area contributed by atoms with Gasteiger partial charge in [0.25, 0.3) is 0 Å². The number of allylic oxidation sites excluding steroid dienone is 3. The molecule has 0 fully saturated rings. The van der Waals surface area contributed by atoms with Crippen molar-refractivity contribution >= 4 is 11.9 Å². The van der Waals surface area contributed by atoms with Gasteiger partial charge < -0.3 is 9.47 Å². The van der Waals surface area contributed by atoms with Crippen LogP contribution in [0.1, 0.15) is 53.4 Å². The van der Waals surface area contributed by atoms with Gasteiger partial charge >= 0.3 is 11.9 Å². The maximum absolute atomic E-state index is 11.8. The number of ether oxygens (including phenoxy) is 2. The van der Waals surface area contributed by atoms with Gasteiger partial charge in [0.2, 0.25) is 0 Å². The molecule has 1 heterocycles. The number of fused-ring (bicyclic) bond motifs is 1. The molecular weight excluding hydrogens is 304 g/mol. The van der Waals surface area contributed by atoms with Crippen molar-refractivity contribution in [1.29, 1.82) is 0 Å². The van der Waals surface area contributed by atoms with Crippen LogP contribution in [-0.4, -0.2) is 24.6 Å². The van der Waals surface area contributed by atoms with Gasteiger partial charge in [-0.1, -0.05) is 17.7 Å². The lowest BCUT2D eigenvalue weighted by atomic mass is 9.94. The second-order valence-corrected chi connectivity index (χ2v) is 6.44. The van der Waals surface area contributed by atoms with E-state index in [-0.39, 0.29) is 18.0 Å². The van der Waals surface area contributed by atoms with Gasteiger partial charge in [-0.3, -0.25) is 0 Å². The fourth-order valence-corrected chi connectivity index (χ4v) is 2.85. The van der Waals surface area contributed by atoms with Gasteiger partial charge in [0, 0.05) is 11.1 Å². The van der Waals surface area contributed by atoms with E-state index >= 15 is 0 Å². The van der Waals surface area contributed by atoms with Crippen LogP contribution in [0, 0.1) is 0 Å². The van der Waals surface area contributed by atoms with Gasteiger partial charge in [0.15, 0.2) is 0 Å². The van der Waals surface area contributed by atoms with Crippen LogP contribution in [0.25, 0.3) is 0 Å². The van der Waals surface area contributed by atoms with Gasteiger partial charge in [-0.05, 0) is 70.6 Å². The minimum absolute atomic E-state index is 0.223. The lowest BCUT2D eigenvalue weighted by Crippen LogP contribution is -2.12. The van der Waals surface area contributed by atoms with Crippen molar-refractivity contribution in [2.75, 3.05) is 6.61 Å². The van der Waals surface area contributed by atoms with Crippen molar-refractivity contribution in [3.63, 3.8) is 0 Å². The molecule has 1 aliphatic heterocycles. The highest BCUT2D eigenvalue weighted by molar-refractivity contribution is 5.92. The summed E-state index contributed by atoms with van der Waals surface area (Å²) in [5, 5.41) is 0. The minimum Gasteiger partial charge on any atom is -0.458 e. The first-order chi connectivity index (χ1) is 11.4. The Labute approximate surface area is 143 Å². The Morgan fingerprint density at radius 3 is 2.79 bits per heavy atom. The first kappa shape index (κ1) is 18.2. The highest BCUT2D eigenvalue weighted by Gasteiger charge is 2.29. The quantitative estimate of drug-likeness (QED) is 0.442. The molecule has 1 atom stereocenters. The molecule has 2 aliphatic rings. The third-order valence-electron chi connectivity index (χ3n) is 4.63. The zero-order valence-corrected chi connectivity index (χ0v) is 15.0. The Hall–Kier alpha value is -2.10. The fraction of sp³-hybridized carbons (Fsp3) is 0.500. The second kappa shape index (κ2) is 8.13. The SMILES string of the molecule is C/C=C(/C)C(=O)OC/C1=C\CC/C(C)=C/[C@H]2OC(=O)C(C)=C2CC1. The summed E-state index contributed by atoms with van der Waals surface area (Å²) in [6.07, 6.45) is 9.05. The van der Waals surface area contributed by atoms with E-state index < -0.39 is 0 Å². The summed E-state index contributed by atoms with van der Waals surface area (Å²) in [6, 6.07) is 0. The average molecular weight is 330 g/mol. The van der Waals surface area contributed by atoms with Gasteiger partial charge in [-0.15, -0.1) is 0 Å². The van der Waals surface area contributed by atoms with Crippen LogP contribution in [0.4, 0.5) is 0 Å². The number of hydrogen-bond donors (Lipinski definition) is 0. The summed E-state index contributed by atoms with van der Waals surface area (Å²) < 4.78 is 10.8. The van der Waals surface area contributed by atoms with Gasteiger partial charge in [0.05, 0.1) is 0 Å². The molecule has 1 aliphatic carbocycles. The van der Waals surface area contributed by atoms with Crippen molar-refractivity contribution in [2.45, 2.75) is 59.5 Å². The van der Waals surface area contributed by atoms with E-state index in [2.05, 4.69) is 19.1 Å². The maximum Gasteiger partial charge on any atom is 0.334 e. The van der Waals surface area contributed by atoms with Crippen molar-refractivity contribution in [1.82, 2.24) is 0 Å². The molecule has 0 N–H and O–H groups in total. The molecule has 0 saturated carbocycles. The second-order valence-electron chi connectivity index (χ2n) is 6.44. The zero-order chi connectivity index (χ0) is 17.7. The van der Waals surface area contributed by atoms with E-state index in [1.807, 2.05) is 13.8 Å². The largest absolute Gasteiger partial charge is 0.458 e. The summed E-state index contributed by atoms with van der Waals surface area (Å²) >= 11 is 0. The molecule has 0 aromatic heterocycles. The molecular formula is C20H26O4. The van der Waals surface area contributed by atoms with E-state index in [9.17, 15) is 9.59 Å². The lowest BCUT2D eigenvalue weighted by Gasteiger charge is -2.16. The molecule has 0 aromatic rings. The molecule has 130 valence electrons. The number of carbonyl (C=O) groups excluding carboxylic acids is 2. The minimum atomic E-state index is -0.278. The standard InChI is InChI=1S/C20H26O4/c1-5-14(3)19(21)23-12-16-8-6-7-13(2)11-18-17(10-9-16)15(4)20(22)24-18/h5,8,11,18H,6-7,9-10,12H2,1-4H3/b13-11+,14-5-,16-8-/t18-/m1/s1. The van der Waals surface area contributed by atoms with Crippen LogP contribution in [0.15, 0.2) is 46.1 Å². The molecule has 0 saturated heterocycles. The van der Waals surface area contributed by atoms with Crippen LogP contribution in [0.2, 0.25) is 0 Å². The molecule has 4 nitrogen and oxygen atoms in total. The summed E-state index contributed by atoms with van der Waals surface area (Å²) in [4.78, 5) is 23.7. The van der Waals surface area contributed by atoms with Crippen molar-refractivity contribution in [3.05, 3.63) is 46.1 Å². The smallest absolute Gasteiger partial charge is 0.334 e. The fourth-order valence-electron chi connectivity index (χ4n) is 2.85. The van der Waals surface area contributed by atoms with Crippen LogP contribution >= 0.6 is 0 Å². The summed E-state index contributed by atoms with van der Waals surface area (Å²) in [7, 11) is 0. The number of carbonyl (C=O) groups is 2. The van der Waals surface area contributed by atoms with Crippen molar-refractivity contribution < 1.29 is 19.1 Å². The third-order valence-corrected chi connectivity index (χ3v) is 4.63. The van der Waals surface area contributed by atoms with Gasteiger partial charge in [0.1, 0.15) is 12.7 Å². The van der Waals surface area contributed by atoms with Crippen LogP contribution in [0.5, 0.6) is 0 Å². The van der Waals surface area contributed by atoms with E-state index in [0.29, 0.717) is 17.8 Å². The van der Waals surface area contributed by atoms with Crippen LogP contribution in [-0.2, 0) is 19.1 Å². The zero-order valence-electron chi connectivity index (χ0n) is 15.0. The number of rotatable bonds is 3.